The normalized spacial score (nSPS) is 15.6. The third-order valence-corrected chi connectivity index (χ3v) is 3.64. The Bertz CT molecular complexity index is 457. The minimum absolute atomic E-state index is 0.0908. The quantitative estimate of drug-likeness (QED) is 0.762. The molecule has 0 N–H and O–H groups in total. The van der Waals surface area contributed by atoms with Gasteiger partial charge in [0.1, 0.15) is 21.9 Å². The Morgan fingerprint density at radius 3 is 2.76 bits per heavy atom. The highest BCUT2D eigenvalue weighted by atomic mass is 127. The topological polar surface area (TPSA) is 61.9 Å². The zero-order chi connectivity index (χ0) is 12.3. The first kappa shape index (κ1) is 12.4. The van der Waals surface area contributed by atoms with Gasteiger partial charge in [-0.15, -0.1) is 0 Å². The molecule has 0 bridgehead atoms. The molecule has 17 heavy (non-hydrogen) atoms. The molecule has 0 radical (unpaired) electrons. The molecule has 0 saturated carbocycles. The maximum Gasteiger partial charge on any atom is 0.244 e. The van der Waals surface area contributed by atoms with E-state index >= 15 is 0 Å². The molecule has 1 fully saturated rings. The molecule has 1 aliphatic rings. The van der Waals surface area contributed by atoms with Gasteiger partial charge in [-0.25, -0.2) is 0 Å². The van der Waals surface area contributed by atoms with Crippen LogP contribution in [0, 0.1) is 15.0 Å². The molecule has 0 unspecified atom stereocenters. The van der Waals surface area contributed by atoms with Gasteiger partial charge < -0.3 is 4.90 Å². The SMILES string of the molecule is N#Cc1cn(CC(=O)N2CCCCC2)nc1I. The predicted molar refractivity (Wildman–Crippen MR) is 70.1 cm³/mol. The summed E-state index contributed by atoms with van der Waals surface area (Å²) in [4.78, 5) is 13.8. The summed E-state index contributed by atoms with van der Waals surface area (Å²) in [6.07, 6.45) is 5.02. The van der Waals surface area contributed by atoms with E-state index in [-0.39, 0.29) is 12.5 Å². The largest absolute Gasteiger partial charge is 0.341 e. The molecule has 0 aromatic carbocycles. The third kappa shape index (κ3) is 2.97. The van der Waals surface area contributed by atoms with Crippen molar-refractivity contribution < 1.29 is 4.79 Å². The summed E-state index contributed by atoms with van der Waals surface area (Å²) in [6, 6.07) is 2.05. The van der Waals surface area contributed by atoms with Gasteiger partial charge >= 0.3 is 0 Å². The van der Waals surface area contributed by atoms with Gasteiger partial charge in [-0.1, -0.05) is 0 Å². The molecule has 6 heteroatoms. The molecular formula is C11H13IN4O. The van der Waals surface area contributed by atoms with Crippen LogP contribution in [0.3, 0.4) is 0 Å². The second-order valence-corrected chi connectivity index (χ2v) is 5.11. The van der Waals surface area contributed by atoms with Crippen molar-refractivity contribution in [3.05, 3.63) is 15.5 Å². The summed E-state index contributed by atoms with van der Waals surface area (Å²) in [7, 11) is 0. The first-order valence-corrected chi connectivity index (χ1v) is 6.69. The molecule has 2 rings (SSSR count). The van der Waals surface area contributed by atoms with E-state index in [0.29, 0.717) is 9.26 Å². The lowest BCUT2D eigenvalue weighted by Gasteiger charge is -2.26. The standard InChI is InChI=1S/C11H13IN4O/c12-11-9(6-13)7-16(14-11)8-10(17)15-4-2-1-3-5-15/h7H,1-5,8H2. The van der Waals surface area contributed by atoms with E-state index in [4.69, 9.17) is 5.26 Å². The first-order chi connectivity index (χ1) is 8.20. The molecule has 2 heterocycles. The Labute approximate surface area is 114 Å². The number of likely N-dealkylation sites (tertiary alicyclic amines) is 1. The Morgan fingerprint density at radius 1 is 1.47 bits per heavy atom. The Morgan fingerprint density at radius 2 is 2.18 bits per heavy atom. The van der Waals surface area contributed by atoms with Crippen LogP contribution in [0.5, 0.6) is 0 Å². The molecule has 1 aromatic rings. The molecule has 0 spiro atoms. The fraction of sp³-hybridized carbons (Fsp3) is 0.545. The van der Waals surface area contributed by atoms with E-state index in [9.17, 15) is 4.79 Å². The third-order valence-electron chi connectivity index (χ3n) is 2.84. The molecular weight excluding hydrogens is 331 g/mol. The lowest BCUT2D eigenvalue weighted by atomic mass is 10.1. The summed E-state index contributed by atoms with van der Waals surface area (Å²) in [6.45, 7) is 1.93. The summed E-state index contributed by atoms with van der Waals surface area (Å²) in [5, 5.41) is 13.0. The molecule has 1 saturated heterocycles. The van der Waals surface area contributed by atoms with E-state index in [2.05, 4.69) is 11.2 Å². The number of carbonyl (C=O) groups is 1. The molecule has 1 aromatic heterocycles. The Kier molecular flexibility index (Phi) is 3.99. The fourth-order valence-electron chi connectivity index (χ4n) is 1.94. The van der Waals surface area contributed by atoms with Crippen molar-refractivity contribution in [3.63, 3.8) is 0 Å². The van der Waals surface area contributed by atoms with Crippen molar-refractivity contribution in [2.45, 2.75) is 25.8 Å². The van der Waals surface area contributed by atoms with Gasteiger partial charge in [-0.2, -0.15) is 10.4 Å². The maximum atomic E-state index is 12.0. The highest BCUT2D eigenvalue weighted by Gasteiger charge is 2.17. The number of amides is 1. The summed E-state index contributed by atoms with van der Waals surface area (Å²) >= 11 is 2.00. The van der Waals surface area contributed by atoms with Crippen molar-refractivity contribution in [1.29, 1.82) is 5.26 Å². The average molecular weight is 344 g/mol. The van der Waals surface area contributed by atoms with Gasteiger partial charge in [0.2, 0.25) is 5.91 Å². The van der Waals surface area contributed by atoms with Crippen LogP contribution in [-0.2, 0) is 11.3 Å². The van der Waals surface area contributed by atoms with Crippen LogP contribution in [0.4, 0.5) is 0 Å². The minimum Gasteiger partial charge on any atom is -0.341 e. The lowest BCUT2D eigenvalue weighted by molar-refractivity contribution is -0.132. The van der Waals surface area contributed by atoms with Crippen LogP contribution in [0.25, 0.3) is 0 Å². The van der Waals surface area contributed by atoms with Crippen LogP contribution in [-0.4, -0.2) is 33.7 Å². The van der Waals surface area contributed by atoms with Crippen LogP contribution in [0.2, 0.25) is 0 Å². The van der Waals surface area contributed by atoms with Gasteiger partial charge in [0.05, 0.1) is 0 Å². The van der Waals surface area contributed by atoms with Crippen LogP contribution < -0.4 is 0 Å². The zero-order valence-corrected chi connectivity index (χ0v) is 11.6. The van der Waals surface area contributed by atoms with Gasteiger partial charge in [-0.3, -0.25) is 9.48 Å². The van der Waals surface area contributed by atoms with Gasteiger partial charge in [0.25, 0.3) is 0 Å². The molecule has 0 aliphatic carbocycles. The van der Waals surface area contributed by atoms with Gasteiger partial charge in [-0.05, 0) is 41.9 Å². The number of piperidine rings is 1. The molecule has 90 valence electrons. The van der Waals surface area contributed by atoms with Crippen molar-refractivity contribution in [3.8, 4) is 6.07 Å². The Balaban J connectivity index is 2.00. The predicted octanol–water partition coefficient (Wildman–Crippen LogP) is 1.37. The molecule has 5 nitrogen and oxygen atoms in total. The van der Waals surface area contributed by atoms with Gasteiger partial charge in [0, 0.05) is 19.3 Å². The summed E-state index contributed by atoms with van der Waals surface area (Å²) in [5.74, 6) is 0.0908. The highest BCUT2D eigenvalue weighted by molar-refractivity contribution is 14.1. The number of nitriles is 1. The monoisotopic (exact) mass is 344 g/mol. The average Bonchev–Trinajstić information content (AvgIpc) is 2.70. The summed E-state index contributed by atoms with van der Waals surface area (Å²) < 4.78 is 2.20. The zero-order valence-electron chi connectivity index (χ0n) is 9.40. The lowest BCUT2D eigenvalue weighted by Crippen LogP contribution is -2.37. The number of hydrogen-bond donors (Lipinski definition) is 0. The number of carbonyl (C=O) groups excluding carboxylic acids is 1. The number of rotatable bonds is 2. The molecule has 1 aliphatic heterocycles. The van der Waals surface area contributed by atoms with Crippen LogP contribution in [0.15, 0.2) is 6.20 Å². The summed E-state index contributed by atoms with van der Waals surface area (Å²) in [5.41, 5.74) is 0.525. The smallest absolute Gasteiger partial charge is 0.244 e. The molecule has 1 amide bonds. The second-order valence-electron chi connectivity index (χ2n) is 4.08. The van der Waals surface area contributed by atoms with E-state index in [1.165, 1.54) is 6.42 Å². The fourth-order valence-corrected chi connectivity index (χ4v) is 2.47. The van der Waals surface area contributed by atoms with E-state index in [1.807, 2.05) is 27.5 Å². The second kappa shape index (κ2) is 5.49. The van der Waals surface area contributed by atoms with E-state index in [1.54, 1.807) is 10.9 Å². The van der Waals surface area contributed by atoms with Crippen molar-refractivity contribution >= 4 is 28.5 Å². The van der Waals surface area contributed by atoms with Crippen LogP contribution >= 0.6 is 22.6 Å². The van der Waals surface area contributed by atoms with Crippen molar-refractivity contribution in [1.82, 2.24) is 14.7 Å². The number of aromatic nitrogens is 2. The van der Waals surface area contributed by atoms with Crippen molar-refractivity contribution in [2.75, 3.05) is 13.1 Å². The van der Waals surface area contributed by atoms with Crippen molar-refractivity contribution in [2.24, 2.45) is 0 Å². The molecule has 0 atom stereocenters. The highest BCUT2D eigenvalue weighted by Crippen LogP contribution is 2.11. The van der Waals surface area contributed by atoms with E-state index in [0.717, 1.165) is 25.9 Å². The number of hydrogen-bond acceptors (Lipinski definition) is 3. The van der Waals surface area contributed by atoms with Crippen LogP contribution in [0.1, 0.15) is 24.8 Å². The maximum absolute atomic E-state index is 12.0. The minimum atomic E-state index is 0.0908. The number of nitrogens with zero attached hydrogens (tertiary/aromatic N) is 4. The Hall–Kier alpha value is -1.10. The number of halogens is 1. The van der Waals surface area contributed by atoms with Gasteiger partial charge in [0.15, 0.2) is 0 Å². The first-order valence-electron chi connectivity index (χ1n) is 5.61. The van der Waals surface area contributed by atoms with E-state index < -0.39 is 0 Å².